The number of H-pyrrole nitrogens is 1. The third-order valence-electron chi connectivity index (χ3n) is 4.58. The van der Waals surface area contributed by atoms with Crippen LogP contribution in [0.2, 0.25) is 0 Å². The highest BCUT2D eigenvalue weighted by Crippen LogP contribution is 2.26. The Morgan fingerprint density at radius 3 is 2.43 bits per heavy atom. The maximum absolute atomic E-state index is 12.7. The topological polar surface area (TPSA) is 89.9 Å². The van der Waals surface area contributed by atoms with E-state index in [1.54, 1.807) is 21.0 Å². The molecule has 28 heavy (non-hydrogen) atoms. The fourth-order valence-electron chi connectivity index (χ4n) is 3.19. The Balaban J connectivity index is 1.75. The molecule has 3 aromatic rings. The lowest BCUT2D eigenvalue weighted by Crippen LogP contribution is -2.06. The first kappa shape index (κ1) is 19.9. The van der Waals surface area contributed by atoms with Gasteiger partial charge in [-0.2, -0.15) is 0 Å². The standard InChI is InChI=1S/C20H22N4O3S/c1-11-17(13(3)25)12(2)21-18(11)16(26)10-28-20-23-22-19(24(20)4)14-6-8-15(27-5)9-7-14/h6-9,21H,10H2,1-5H3. The van der Waals surface area contributed by atoms with Gasteiger partial charge in [0.05, 0.1) is 18.6 Å². The number of nitrogens with zero attached hydrogens (tertiary/aromatic N) is 3. The Hall–Kier alpha value is -2.87. The van der Waals surface area contributed by atoms with E-state index in [0.29, 0.717) is 27.8 Å². The third kappa shape index (κ3) is 3.73. The van der Waals surface area contributed by atoms with Crippen molar-refractivity contribution in [3.05, 3.63) is 46.8 Å². The average molecular weight is 398 g/mol. The van der Waals surface area contributed by atoms with E-state index in [-0.39, 0.29) is 17.3 Å². The van der Waals surface area contributed by atoms with E-state index >= 15 is 0 Å². The number of aromatic amines is 1. The van der Waals surface area contributed by atoms with Crippen LogP contribution in [0.5, 0.6) is 5.75 Å². The zero-order valence-electron chi connectivity index (χ0n) is 16.5. The third-order valence-corrected chi connectivity index (χ3v) is 5.60. The molecule has 0 aliphatic rings. The van der Waals surface area contributed by atoms with Crippen molar-refractivity contribution in [2.24, 2.45) is 7.05 Å². The maximum Gasteiger partial charge on any atom is 0.191 e. The summed E-state index contributed by atoms with van der Waals surface area (Å²) in [4.78, 5) is 27.5. The van der Waals surface area contributed by atoms with Crippen molar-refractivity contribution >= 4 is 23.3 Å². The number of rotatable bonds is 7. The van der Waals surface area contributed by atoms with Gasteiger partial charge in [-0.1, -0.05) is 11.8 Å². The number of methoxy groups -OCH3 is 1. The van der Waals surface area contributed by atoms with Gasteiger partial charge in [0, 0.05) is 23.9 Å². The normalized spacial score (nSPS) is 10.9. The number of aromatic nitrogens is 4. The van der Waals surface area contributed by atoms with Crippen LogP contribution in [0.15, 0.2) is 29.4 Å². The maximum atomic E-state index is 12.7. The minimum atomic E-state index is -0.0768. The highest BCUT2D eigenvalue weighted by Gasteiger charge is 2.21. The lowest BCUT2D eigenvalue weighted by atomic mass is 10.1. The number of nitrogens with one attached hydrogen (secondary N) is 1. The smallest absolute Gasteiger partial charge is 0.191 e. The number of aryl methyl sites for hydroxylation is 1. The fourth-order valence-corrected chi connectivity index (χ4v) is 3.97. The largest absolute Gasteiger partial charge is 0.497 e. The fraction of sp³-hybridized carbons (Fsp3) is 0.300. The minimum Gasteiger partial charge on any atom is -0.497 e. The summed E-state index contributed by atoms with van der Waals surface area (Å²) in [6.07, 6.45) is 0. The van der Waals surface area contributed by atoms with Crippen LogP contribution < -0.4 is 4.74 Å². The van der Waals surface area contributed by atoms with Crippen molar-refractivity contribution < 1.29 is 14.3 Å². The molecule has 1 aromatic carbocycles. The van der Waals surface area contributed by atoms with Gasteiger partial charge < -0.3 is 14.3 Å². The van der Waals surface area contributed by atoms with Crippen molar-refractivity contribution in [2.45, 2.75) is 25.9 Å². The number of hydrogen-bond donors (Lipinski definition) is 1. The second kappa shape index (κ2) is 8.02. The van der Waals surface area contributed by atoms with E-state index in [4.69, 9.17) is 4.74 Å². The Morgan fingerprint density at radius 2 is 1.86 bits per heavy atom. The molecule has 0 atom stereocenters. The number of benzene rings is 1. The molecule has 3 rings (SSSR count). The van der Waals surface area contributed by atoms with Crippen LogP contribution in [0.25, 0.3) is 11.4 Å². The number of carbonyl (C=O) groups is 2. The minimum absolute atomic E-state index is 0.0459. The van der Waals surface area contributed by atoms with Crippen LogP contribution in [-0.4, -0.2) is 44.2 Å². The van der Waals surface area contributed by atoms with Crippen molar-refractivity contribution in [1.82, 2.24) is 19.7 Å². The molecule has 146 valence electrons. The van der Waals surface area contributed by atoms with Gasteiger partial charge in [0.15, 0.2) is 22.5 Å². The Kier molecular flexibility index (Phi) is 5.69. The van der Waals surface area contributed by atoms with Gasteiger partial charge in [0.2, 0.25) is 0 Å². The number of Topliss-reactive ketones (excluding diaryl/α,β-unsaturated/α-hetero) is 2. The summed E-state index contributed by atoms with van der Waals surface area (Å²) in [6.45, 7) is 5.10. The summed E-state index contributed by atoms with van der Waals surface area (Å²) in [7, 11) is 3.49. The predicted molar refractivity (Wildman–Crippen MR) is 108 cm³/mol. The van der Waals surface area contributed by atoms with Crippen molar-refractivity contribution in [1.29, 1.82) is 0 Å². The van der Waals surface area contributed by atoms with Gasteiger partial charge in [-0.25, -0.2) is 0 Å². The molecule has 0 bridgehead atoms. The predicted octanol–water partition coefficient (Wildman–Crippen LogP) is 3.61. The molecule has 0 saturated heterocycles. The van der Waals surface area contributed by atoms with Gasteiger partial charge in [0.1, 0.15) is 5.75 Å². The molecule has 0 aliphatic carbocycles. The molecule has 1 N–H and O–H groups in total. The van der Waals surface area contributed by atoms with E-state index < -0.39 is 0 Å². The van der Waals surface area contributed by atoms with Gasteiger partial charge in [0.25, 0.3) is 0 Å². The molecule has 0 radical (unpaired) electrons. The number of thioether (sulfide) groups is 1. The number of ketones is 2. The van der Waals surface area contributed by atoms with E-state index in [2.05, 4.69) is 15.2 Å². The second-order valence-corrected chi connectivity index (χ2v) is 7.43. The van der Waals surface area contributed by atoms with Gasteiger partial charge in [-0.15, -0.1) is 10.2 Å². The quantitative estimate of drug-likeness (QED) is 0.483. The molecule has 0 amide bonds. The van der Waals surface area contributed by atoms with Gasteiger partial charge in [-0.05, 0) is 50.6 Å². The highest BCUT2D eigenvalue weighted by molar-refractivity contribution is 7.99. The number of hydrogen-bond acceptors (Lipinski definition) is 6. The van der Waals surface area contributed by atoms with Crippen LogP contribution in [0.4, 0.5) is 0 Å². The molecule has 0 saturated carbocycles. The average Bonchev–Trinajstić information content (AvgIpc) is 3.19. The van der Waals surface area contributed by atoms with Crippen molar-refractivity contribution in [3.8, 4) is 17.1 Å². The molecule has 2 heterocycles. The molecule has 0 fully saturated rings. The number of carbonyl (C=O) groups excluding carboxylic acids is 2. The summed E-state index contributed by atoms with van der Waals surface area (Å²) < 4.78 is 7.03. The van der Waals surface area contributed by atoms with E-state index in [0.717, 1.165) is 17.0 Å². The lowest BCUT2D eigenvalue weighted by molar-refractivity contribution is 0.101. The zero-order chi connectivity index (χ0) is 20.4. The molecule has 2 aromatic heterocycles. The first-order valence-electron chi connectivity index (χ1n) is 8.73. The van der Waals surface area contributed by atoms with Crippen LogP contribution in [0, 0.1) is 13.8 Å². The summed E-state index contributed by atoms with van der Waals surface area (Å²) in [5.74, 6) is 1.56. The molecule has 0 unspecified atom stereocenters. The first-order chi connectivity index (χ1) is 13.3. The zero-order valence-corrected chi connectivity index (χ0v) is 17.3. The molecule has 8 heteroatoms. The Morgan fingerprint density at radius 1 is 1.18 bits per heavy atom. The van der Waals surface area contributed by atoms with Crippen LogP contribution in [0.3, 0.4) is 0 Å². The summed E-state index contributed by atoms with van der Waals surface area (Å²) in [5, 5.41) is 9.09. The summed E-state index contributed by atoms with van der Waals surface area (Å²) >= 11 is 1.32. The first-order valence-corrected chi connectivity index (χ1v) is 9.72. The van der Waals surface area contributed by atoms with Crippen LogP contribution in [-0.2, 0) is 7.05 Å². The Bertz CT molecular complexity index is 1030. The highest BCUT2D eigenvalue weighted by atomic mass is 32.2. The lowest BCUT2D eigenvalue weighted by Gasteiger charge is -2.05. The molecule has 0 aliphatic heterocycles. The van der Waals surface area contributed by atoms with Crippen molar-refractivity contribution in [3.63, 3.8) is 0 Å². The molecular weight excluding hydrogens is 376 g/mol. The van der Waals surface area contributed by atoms with Crippen molar-refractivity contribution in [2.75, 3.05) is 12.9 Å². The van der Waals surface area contributed by atoms with Gasteiger partial charge >= 0.3 is 0 Å². The van der Waals surface area contributed by atoms with E-state index in [1.807, 2.05) is 35.9 Å². The molecular formula is C20H22N4O3S. The summed E-state index contributed by atoms with van der Waals surface area (Å²) in [6, 6.07) is 7.56. The number of ether oxygens (including phenoxy) is 1. The molecule has 7 nitrogen and oxygen atoms in total. The Labute approximate surface area is 167 Å². The molecule has 0 spiro atoms. The second-order valence-electron chi connectivity index (χ2n) is 6.49. The van der Waals surface area contributed by atoms with E-state index in [1.165, 1.54) is 18.7 Å². The summed E-state index contributed by atoms with van der Waals surface area (Å²) in [5.41, 5.74) is 3.41. The van der Waals surface area contributed by atoms with E-state index in [9.17, 15) is 9.59 Å². The van der Waals surface area contributed by atoms with Gasteiger partial charge in [-0.3, -0.25) is 9.59 Å². The SMILES string of the molecule is COc1ccc(-c2nnc(SCC(=O)c3[nH]c(C)c(C(C)=O)c3C)n2C)cc1. The van der Waals surface area contributed by atoms with Crippen LogP contribution in [0.1, 0.15) is 39.0 Å². The monoisotopic (exact) mass is 398 g/mol. The van der Waals surface area contributed by atoms with Crippen LogP contribution >= 0.6 is 11.8 Å².